The summed E-state index contributed by atoms with van der Waals surface area (Å²) in [4.78, 5) is 12.1. The van der Waals surface area contributed by atoms with Crippen molar-refractivity contribution in [2.45, 2.75) is 24.8 Å². The summed E-state index contributed by atoms with van der Waals surface area (Å²) in [6.45, 7) is 1.30. The second kappa shape index (κ2) is 8.80. The van der Waals surface area contributed by atoms with Gasteiger partial charge in [0.1, 0.15) is 11.9 Å². The monoisotopic (exact) mass is 356 g/mol. The van der Waals surface area contributed by atoms with Gasteiger partial charge in [-0.3, -0.25) is 4.79 Å². The molecule has 6 nitrogen and oxygen atoms in total. The van der Waals surface area contributed by atoms with Gasteiger partial charge in [0.15, 0.2) is 0 Å². The minimum absolute atomic E-state index is 0.170. The number of methoxy groups -OCH3 is 1. The van der Waals surface area contributed by atoms with Crippen LogP contribution in [-0.2, 0) is 11.3 Å². The number of ether oxygens (including phenoxy) is 2. The van der Waals surface area contributed by atoms with Gasteiger partial charge in [0.05, 0.1) is 25.9 Å². The molecule has 1 aliphatic heterocycles. The van der Waals surface area contributed by atoms with Crippen LogP contribution >= 0.6 is 0 Å². The largest absolute Gasteiger partial charge is 0.497 e. The van der Waals surface area contributed by atoms with Crippen molar-refractivity contribution in [2.24, 2.45) is 0 Å². The van der Waals surface area contributed by atoms with Crippen molar-refractivity contribution in [2.75, 3.05) is 20.3 Å². The molecule has 3 rings (SSSR count). The van der Waals surface area contributed by atoms with Crippen molar-refractivity contribution < 1.29 is 19.4 Å². The number of rotatable bonds is 7. The van der Waals surface area contributed by atoms with Crippen LogP contribution in [0.5, 0.6) is 5.75 Å². The van der Waals surface area contributed by atoms with Crippen LogP contribution in [0.3, 0.4) is 0 Å². The van der Waals surface area contributed by atoms with Crippen molar-refractivity contribution >= 4 is 5.91 Å². The van der Waals surface area contributed by atoms with Crippen molar-refractivity contribution in [1.29, 1.82) is 0 Å². The van der Waals surface area contributed by atoms with E-state index in [9.17, 15) is 9.90 Å². The smallest absolute Gasteiger partial charge is 0.251 e. The van der Waals surface area contributed by atoms with Gasteiger partial charge in [0.2, 0.25) is 0 Å². The van der Waals surface area contributed by atoms with Crippen LogP contribution in [0.25, 0.3) is 0 Å². The molecule has 26 heavy (non-hydrogen) atoms. The number of nitrogens with one attached hydrogen (secondary N) is 2. The average Bonchev–Trinajstić information content (AvgIpc) is 3.05. The summed E-state index contributed by atoms with van der Waals surface area (Å²) in [6, 6.07) is 16.6. The van der Waals surface area contributed by atoms with E-state index in [0.29, 0.717) is 18.7 Å². The molecule has 0 spiro atoms. The highest BCUT2D eigenvalue weighted by atomic mass is 16.5. The van der Waals surface area contributed by atoms with Crippen molar-refractivity contribution in [3.8, 4) is 5.75 Å². The van der Waals surface area contributed by atoms with E-state index >= 15 is 0 Å². The highest BCUT2D eigenvalue weighted by molar-refractivity contribution is 5.94. The van der Waals surface area contributed by atoms with E-state index in [0.717, 1.165) is 11.3 Å². The van der Waals surface area contributed by atoms with Crippen molar-refractivity contribution in [3.05, 3.63) is 65.7 Å². The Kier molecular flexibility index (Phi) is 6.22. The molecule has 1 heterocycles. The molecule has 138 valence electrons. The van der Waals surface area contributed by atoms with Crippen molar-refractivity contribution in [3.63, 3.8) is 0 Å². The Morgan fingerprint density at radius 3 is 2.62 bits per heavy atom. The van der Waals surface area contributed by atoms with E-state index in [-0.39, 0.29) is 18.5 Å². The molecule has 0 bridgehead atoms. The maximum absolute atomic E-state index is 12.1. The van der Waals surface area contributed by atoms with Crippen LogP contribution < -0.4 is 15.4 Å². The highest BCUT2D eigenvalue weighted by Crippen LogP contribution is 2.16. The van der Waals surface area contributed by atoms with E-state index in [1.807, 2.05) is 42.5 Å². The fourth-order valence-corrected chi connectivity index (χ4v) is 2.92. The van der Waals surface area contributed by atoms with Crippen LogP contribution in [0.1, 0.15) is 15.9 Å². The Morgan fingerprint density at radius 1 is 1.19 bits per heavy atom. The first-order chi connectivity index (χ1) is 12.7. The summed E-state index contributed by atoms with van der Waals surface area (Å²) in [7, 11) is 1.64. The fourth-order valence-electron chi connectivity index (χ4n) is 2.92. The second-order valence-corrected chi connectivity index (χ2v) is 6.27. The number of carbonyl (C=O) groups is 1. The lowest BCUT2D eigenvalue weighted by atomic mass is 10.1. The molecule has 0 aliphatic carbocycles. The number of aliphatic hydroxyl groups excluding tert-OH is 1. The Balaban J connectivity index is 1.45. The molecule has 0 radical (unpaired) electrons. The normalized spacial score (nSPS) is 22.2. The zero-order valence-corrected chi connectivity index (χ0v) is 14.7. The highest BCUT2D eigenvalue weighted by Gasteiger charge is 2.35. The molecule has 3 unspecified atom stereocenters. The molecule has 6 heteroatoms. The molecular formula is C20H24N2O4. The topological polar surface area (TPSA) is 79.8 Å². The Morgan fingerprint density at radius 2 is 1.92 bits per heavy atom. The number of hydrogen-bond acceptors (Lipinski definition) is 5. The quantitative estimate of drug-likeness (QED) is 0.698. The lowest BCUT2D eigenvalue weighted by molar-refractivity contribution is 0.0398. The van der Waals surface area contributed by atoms with Gasteiger partial charge >= 0.3 is 0 Å². The number of hydrogen-bond donors (Lipinski definition) is 3. The minimum atomic E-state index is -0.677. The second-order valence-electron chi connectivity index (χ2n) is 6.27. The third kappa shape index (κ3) is 4.60. The predicted molar refractivity (Wildman–Crippen MR) is 98.1 cm³/mol. The van der Waals surface area contributed by atoms with Gasteiger partial charge in [-0.2, -0.15) is 0 Å². The molecule has 1 fully saturated rings. The van der Waals surface area contributed by atoms with Crippen LogP contribution in [-0.4, -0.2) is 49.5 Å². The first-order valence-electron chi connectivity index (χ1n) is 8.66. The van der Waals surface area contributed by atoms with E-state index in [4.69, 9.17) is 9.47 Å². The third-order valence-electron chi connectivity index (χ3n) is 4.51. The summed E-state index contributed by atoms with van der Waals surface area (Å²) in [5.74, 6) is 0.642. The van der Waals surface area contributed by atoms with E-state index in [1.54, 1.807) is 19.2 Å². The van der Waals surface area contributed by atoms with Gasteiger partial charge in [0, 0.05) is 18.7 Å². The summed E-state index contributed by atoms with van der Waals surface area (Å²) in [6.07, 6.45) is -1.10. The first kappa shape index (κ1) is 18.4. The van der Waals surface area contributed by atoms with E-state index in [2.05, 4.69) is 10.6 Å². The van der Waals surface area contributed by atoms with Gasteiger partial charge in [-0.05, 0) is 29.8 Å². The molecule has 2 aromatic rings. The molecular weight excluding hydrogens is 332 g/mol. The van der Waals surface area contributed by atoms with Crippen LogP contribution in [0.15, 0.2) is 54.6 Å². The van der Waals surface area contributed by atoms with Crippen LogP contribution in [0, 0.1) is 0 Å². The number of aliphatic hydroxyl groups is 1. The molecule has 0 aromatic heterocycles. The minimum Gasteiger partial charge on any atom is -0.497 e. The molecule has 3 atom stereocenters. The fraction of sp³-hybridized carbons (Fsp3) is 0.350. The van der Waals surface area contributed by atoms with Gasteiger partial charge in [-0.1, -0.05) is 30.3 Å². The Bertz CT molecular complexity index is 706. The SMILES string of the molecule is COc1ccc(CNC2COC(CNC(=O)c3ccccc3)C2O)cc1. The van der Waals surface area contributed by atoms with Gasteiger partial charge in [-0.25, -0.2) is 0 Å². The zero-order valence-electron chi connectivity index (χ0n) is 14.7. The summed E-state index contributed by atoms with van der Waals surface area (Å²) in [5.41, 5.74) is 1.69. The van der Waals surface area contributed by atoms with Crippen molar-refractivity contribution in [1.82, 2.24) is 10.6 Å². The molecule has 0 saturated carbocycles. The summed E-state index contributed by atoms with van der Waals surface area (Å²) < 4.78 is 10.8. The number of benzene rings is 2. The molecule has 1 saturated heterocycles. The van der Waals surface area contributed by atoms with Gasteiger partial charge < -0.3 is 25.2 Å². The van der Waals surface area contributed by atoms with E-state index < -0.39 is 12.2 Å². The summed E-state index contributed by atoms with van der Waals surface area (Å²) in [5, 5.41) is 16.6. The molecule has 1 aliphatic rings. The van der Waals surface area contributed by atoms with Crippen LogP contribution in [0.4, 0.5) is 0 Å². The lowest BCUT2D eigenvalue weighted by Gasteiger charge is -2.19. The Hall–Kier alpha value is -2.41. The average molecular weight is 356 g/mol. The van der Waals surface area contributed by atoms with Crippen LogP contribution in [0.2, 0.25) is 0 Å². The molecule has 3 N–H and O–H groups in total. The number of carbonyl (C=O) groups excluding carboxylic acids is 1. The predicted octanol–water partition coefficient (Wildman–Crippen LogP) is 1.34. The third-order valence-corrected chi connectivity index (χ3v) is 4.51. The maximum atomic E-state index is 12.1. The lowest BCUT2D eigenvalue weighted by Crippen LogP contribution is -2.44. The first-order valence-corrected chi connectivity index (χ1v) is 8.66. The van der Waals surface area contributed by atoms with Gasteiger partial charge in [0.25, 0.3) is 5.91 Å². The number of amides is 1. The van der Waals surface area contributed by atoms with E-state index in [1.165, 1.54) is 0 Å². The Labute approximate surface area is 153 Å². The zero-order chi connectivity index (χ0) is 18.4. The van der Waals surface area contributed by atoms with Gasteiger partial charge in [-0.15, -0.1) is 0 Å². The maximum Gasteiger partial charge on any atom is 0.251 e. The summed E-state index contributed by atoms with van der Waals surface area (Å²) >= 11 is 0. The molecule has 1 amide bonds. The molecule has 2 aromatic carbocycles. The standard InChI is InChI=1S/C20H24N2O4/c1-25-16-9-7-14(8-10-16)11-21-17-13-26-18(19(17)23)12-22-20(24)15-5-3-2-4-6-15/h2-10,17-19,21,23H,11-13H2,1H3,(H,22,24).